The monoisotopic (exact) mass is 285 g/mol. The molecule has 6 nitrogen and oxygen atoms in total. The number of rotatable bonds is 5. The van der Waals surface area contributed by atoms with E-state index in [1.165, 1.54) is 0 Å². The molecule has 0 atom stereocenters. The van der Waals surface area contributed by atoms with Crippen molar-refractivity contribution in [2.45, 2.75) is 33.2 Å². The van der Waals surface area contributed by atoms with E-state index in [0.717, 1.165) is 5.56 Å². The minimum Gasteiger partial charge on any atom is -0.258 e. The summed E-state index contributed by atoms with van der Waals surface area (Å²) in [6.45, 7) is 4.30. The number of hydrogen-bond acceptors (Lipinski definition) is 3. The van der Waals surface area contributed by atoms with Crippen LogP contribution in [0.25, 0.3) is 0 Å². The normalized spacial score (nSPS) is 10.3. The molecule has 0 spiro atoms. The Kier molecular flexibility index (Phi) is 4.33. The fourth-order valence-electron chi connectivity index (χ4n) is 2.34. The van der Waals surface area contributed by atoms with Crippen LogP contribution in [0.15, 0.2) is 24.3 Å². The Morgan fingerprint density at radius 2 is 1.95 bits per heavy atom. The summed E-state index contributed by atoms with van der Waals surface area (Å²) in [5, 5.41) is 22.5. The molecule has 0 aliphatic heterocycles. The molecule has 21 heavy (non-hydrogen) atoms. The van der Waals surface area contributed by atoms with E-state index in [1.54, 1.807) is 16.8 Å². The van der Waals surface area contributed by atoms with Crippen LogP contribution in [0.5, 0.6) is 0 Å². The molecule has 0 fully saturated rings. The predicted molar refractivity (Wildman–Crippen MR) is 76.3 cm³/mol. The van der Waals surface area contributed by atoms with E-state index in [0.29, 0.717) is 36.3 Å². The Morgan fingerprint density at radius 1 is 1.29 bits per heavy atom. The fourth-order valence-corrected chi connectivity index (χ4v) is 2.34. The van der Waals surface area contributed by atoms with Gasteiger partial charge in [-0.25, -0.2) is 5.21 Å². The molecule has 0 saturated heterocycles. The van der Waals surface area contributed by atoms with Crippen LogP contribution in [-0.4, -0.2) is 19.9 Å². The van der Waals surface area contributed by atoms with Crippen molar-refractivity contribution in [1.82, 2.24) is 9.78 Å². The topological polar surface area (TPSA) is 81.9 Å². The van der Waals surface area contributed by atoms with Crippen molar-refractivity contribution in [3.8, 4) is 6.07 Å². The predicted octanol–water partition coefficient (Wildman–Crippen LogP) is 2.73. The second-order valence-electron chi connectivity index (χ2n) is 4.69. The van der Waals surface area contributed by atoms with Crippen LogP contribution in [0.3, 0.4) is 0 Å². The van der Waals surface area contributed by atoms with Gasteiger partial charge in [0.1, 0.15) is 11.4 Å². The average Bonchev–Trinajstić information content (AvgIpc) is 2.85. The molecular formula is C15H17N4O2+. The second-order valence-corrected chi connectivity index (χ2v) is 4.69. The molecule has 2 aromatic rings. The van der Waals surface area contributed by atoms with Crippen LogP contribution >= 0.6 is 0 Å². The van der Waals surface area contributed by atoms with Gasteiger partial charge in [0.05, 0.1) is 23.1 Å². The number of hydrogen-bond donors (Lipinski definition) is 1. The number of nitriles is 1. The first-order chi connectivity index (χ1) is 10.1. The number of aryl methyl sites for hydroxylation is 1. The second kappa shape index (κ2) is 6.18. The van der Waals surface area contributed by atoms with Gasteiger partial charge in [-0.1, -0.05) is 26.0 Å². The highest BCUT2D eigenvalue weighted by molar-refractivity contribution is 5.41. The van der Waals surface area contributed by atoms with Crippen LogP contribution in [0.1, 0.15) is 36.4 Å². The minimum atomic E-state index is -0.0973. The van der Waals surface area contributed by atoms with Crippen LogP contribution in [0, 0.1) is 16.2 Å². The van der Waals surface area contributed by atoms with Crippen LogP contribution in [0.4, 0.5) is 5.69 Å². The van der Waals surface area contributed by atoms with Gasteiger partial charge < -0.3 is 0 Å². The van der Waals surface area contributed by atoms with Gasteiger partial charge in [0.25, 0.3) is 4.92 Å². The maximum Gasteiger partial charge on any atom is 0.360 e. The van der Waals surface area contributed by atoms with Crippen LogP contribution < -0.4 is 0 Å². The summed E-state index contributed by atoms with van der Waals surface area (Å²) < 4.78 is 1.73. The standard InChI is InChI=1S/C15H17N4O2/c1-3-13-15(19(20)21)14(4-2)18(17-13)10-12-7-5-11(9-16)6-8-12/h5-8H,3-4,10H2,1-2H3,(H,20,21)/q+1. The van der Waals surface area contributed by atoms with E-state index in [1.807, 2.05) is 26.0 Å². The molecule has 108 valence electrons. The molecule has 0 bridgehead atoms. The van der Waals surface area contributed by atoms with E-state index in [-0.39, 0.29) is 10.6 Å². The van der Waals surface area contributed by atoms with E-state index in [4.69, 9.17) is 5.26 Å². The lowest BCUT2D eigenvalue weighted by atomic mass is 10.1. The molecule has 1 N–H and O–H groups in total. The lowest BCUT2D eigenvalue weighted by Crippen LogP contribution is -2.07. The lowest BCUT2D eigenvalue weighted by Gasteiger charge is -2.05. The van der Waals surface area contributed by atoms with Gasteiger partial charge in [0.15, 0.2) is 0 Å². The summed E-state index contributed by atoms with van der Waals surface area (Å²) in [4.78, 5) is 11.2. The molecule has 1 aromatic heterocycles. The third-order valence-electron chi connectivity index (χ3n) is 3.38. The highest BCUT2D eigenvalue weighted by Gasteiger charge is 2.29. The zero-order chi connectivity index (χ0) is 15.4. The Bertz CT molecular complexity index is 696. The summed E-state index contributed by atoms with van der Waals surface area (Å²) in [7, 11) is 0. The first-order valence-electron chi connectivity index (χ1n) is 6.84. The molecule has 1 aromatic carbocycles. The minimum absolute atomic E-state index is 0.0973. The molecule has 0 unspecified atom stereocenters. The van der Waals surface area contributed by atoms with Crippen molar-refractivity contribution in [3.63, 3.8) is 0 Å². The highest BCUT2D eigenvalue weighted by atomic mass is 16.6. The van der Waals surface area contributed by atoms with Crippen molar-refractivity contribution in [2.24, 2.45) is 0 Å². The van der Waals surface area contributed by atoms with Gasteiger partial charge in [-0.15, -0.1) is 0 Å². The first-order valence-corrected chi connectivity index (χ1v) is 6.84. The molecule has 1 heterocycles. The molecule has 6 heteroatoms. The summed E-state index contributed by atoms with van der Waals surface area (Å²) in [5.41, 5.74) is 3.11. The number of benzene rings is 1. The summed E-state index contributed by atoms with van der Waals surface area (Å²) in [6, 6.07) is 9.29. The summed E-state index contributed by atoms with van der Waals surface area (Å²) in [5.74, 6) is 0. The third kappa shape index (κ3) is 2.92. The van der Waals surface area contributed by atoms with Gasteiger partial charge in [0.2, 0.25) is 0 Å². The van der Waals surface area contributed by atoms with Crippen molar-refractivity contribution in [1.29, 1.82) is 5.26 Å². The molecule has 0 amide bonds. The van der Waals surface area contributed by atoms with Gasteiger partial charge in [-0.2, -0.15) is 10.4 Å². The SMILES string of the molecule is CCc1nn(Cc2ccc(C#N)cc2)c(CC)c1[N+](=O)O. The van der Waals surface area contributed by atoms with Crippen LogP contribution in [0.2, 0.25) is 0 Å². The van der Waals surface area contributed by atoms with E-state index >= 15 is 0 Å². The number of nitrogens with zero attached hydrogens (tertiary/aromatic N) is 4. The zero-order valence-electron chi connectivity index (χ0n) is 12.1. The summed E-state index contributed by atoms with van der Waals surface area (Å²) >= 11 is 0. The highest BCUT2D eigenvalue weighted by Crippen LogP contribution is 2.25. The van der Waals surface area contributed by atoms with Gasteiger partial charge >= 0.3 is 5.69 Å². The quantitative estimate of drug-likeness (QED) is 0.856. The Labute approximate surface area is 122 Å². The van der Waals surface area contributed by atoms with Crippen molar-refractivity contribution < 1.29 is 10.1 Å². The van der Waals surface area contributed by atoms with Gasteiger partial charge in [-0.05, 0) is 30.5 Å². The third-order valence-corrected chi connectivity index (χ3v) is 3.38. The van der Waals surface area contributed by atoms with Gasteiger partial charge in [-0.3, -0.25) is 4.68 Å². The first kappa shape index (κ1) is 14.7. The van der Waals surface area contributed by atoms with E-state index in [2.05, 4.69) is 11.2 Å². The Hall–Kier alpha value is -2.68. The molecule has 0 aliphatic rings. The Balaban J connectivity index is 2.39. The maximum atomic E-state index is 11.3. The molecule has 0 saturated carbocycles. The van der Waals surface area contributed by atoms with E-state index < -0.39 is 0 Å². The van der Waals surface area contributed by atoms with Crippen molar-refractivity contribution >= 4 is 5.69 Å². The largest absolute Gasteiger partial charge is 0.360 e. The Morgan fingerprint density at radius 3 is 2.43 bits per heavy atom. The van der Waals surface area contributed by atoms with E-state index in [9.17, 15) is 10.1 Å². The lowest BCUT2D eigenvalue weighted by molar-refractivity contribution is -0.730. The molecule has 0 radical (unpaired) electrons. The van der Waals surface area contributed by atoms with Crippen molar-refractivity contribution in [3.05, 3.63) is 51.7 Å². The van der Waals surface area contributed by atoms with Crippen molar-refractivity contribution in [2.75, 3.05) is 0 Å². The van der Waals surface area contributed by atoms with Gasteiger partial charge in [0, 0.05) is 0 Å². The fraction of sp³-hybridized carbons (Fsp3) is 0.333. The smallest absolute Gasteiger partial charge is 0.258 e. The molecular weight excluding hydrogens is 268 g/mol. The number of aromatic nitrogens is 2. The summed E-state index contributed by atoms with van der Waals surface area (Å²) in [6.07, 6.45) is 1.17. The molecule has 0 aliphatic carbocycles. The maximum absolute atomic E-state index is 11.3. The van der Waals surface area contributed by atoms with Crippen LogP contribution in [-0.2, 0) is 19.4 Å². The zero-order valence-corrected chi connectivity index (χ0v) is 12.1. The average molecular weight is 285 g/mol. The molecule has 2 rings (SSSR count).